The predicted molar refractivity (Wildman–Crippen MR) is 163 cm³/mol. The van der Waals surface area contributed by atoms with Crippen molar-refractivity contribution in [3.8, 4) is 22.1 Å². The molecule has 0 aliphatic rings. The van der Waals surface area contributed by atoms with Crippen molar-refractivity contribution in [1.29, 1.82) is 0 Å². The van der Waals surface area contributed by atoms with Crippen LogP contribution in [-0.4, -0.2) is 31.0 Å². The number of anilines is 2. The minimum Gasteiger partial charge on any atom is -0.493 e. The number of hydrogen-bond acceptors (Lipinski definition) is 8. The number of benzene rings is 3. The number of thiophene rings is 1. The molecule has 0 aliphatic carbocycles. The summed E-state index contributed by atoms with van der Waals surface area (Å²) in [5.41, 5.74) is 2.81. The van der Waals surface area contributed by atoms with E-state index in [1.165, 1.54) is 30.2 Å². The maximum atomic E-state index is 13.4. The van der Waals surface area contributed by atoms with Crippen LogP contribution < -0.4 is 20.1 Å². The van der Waals surface area contributed by atoms with Gasteiger partial charge in [0.15, 0.2) is 16.6 Å². The van der Waals surface area contributed by atoms with Gasteiger partial charge < -0.3 is 20.1 Å². The average Bonchev–Trinajstić information content (AvgIpc) is 3.69. The maximum Gasteiger partial charge on any atom is 0.255 e. The summed E-state index contributed by atoms with van der Waals surface area (Å²) in [5.74, 6) is 0.602. The molecule has 2 aromatic heterocycles. The number of ether oxygens (including phenoxy) is 2. The number of carbonyl (C=O) groups is 2. The molecule has 7 nitrogen and oxygen atoms in total. The molecular formula is C30H25N3O4S3. The number of nitrogens with one attached hydrogen (secondary N) is 2. The Morgan fingerprint density at radius 2 is 1.62 bits per heavy atom. The fraction of sp³-hybridized carbons (Fsp3) is 0.100. The molecule has 2 N–H and O–H groups in total. The van der Waals surface area contributed by atoms with Gasteiger partial charge in [-0.25, -0.2) is 4.98 Å². The van der Waals surface area contributed by atoms with Crippen LogP contribution >= 0.6 is 34.4 Å². The lowest BCUT2D eigenvalue weighted by molar-refractivity contribution is -0.115. The zero-order valence-electron chi connectivity index (χ0n) is 21.6. The molecule has 5 aromatic rings. The summed E-state index contributed by atoms with van der Waals surface area (Å²) >= 11 is 4.44. The van der Waals surface area contributed by atoms with E-state index in [0.717, 1.165) is 21.0 Å². The van der Waals surface area contributed by atoms with Gasteiger partial charge in [-0.05, 0) is 59.5 Å². The molecule has 0 aliphatic heterocycles. The van der Waals surface area contributed by atoms with Gasteiger partial charge in [-0.3, -0.25) is 9.59 Å². The molecule has 0 saturated heterocycles. The number of carbonyl (C=O) groups excluding carboxylic acids is 2. The number of thioether (sulfide) groups is 1. The van der Waals surface area contributed by atoms with Crippen molar-refractivity contribution in [2.24, 2.45) is 0 Å². The summed E-state index contributed by atoms with van der Waals surface area (Å²) in [7, 11) is 3.07. The molecule has 0 saturated carbocycles. The molecule has 5 rings (SSSR count). The van der Waals surface area contributed by atoms with Crippen molar-refractivity contribution >= 4 is 57.1 Å². The molecule has 0 fully saturated rings. The molecule has 202 valence electrons. The molecular weight excluding hydrogens is 563 g/mol. The lowest BCUT2D eigenvalue weighted by atomic mass is 10.1. The maximum absolute atomic E-state index is 13.4. The lowest BCUT2D eigenvalue weighted by Gasteiger charge is -2.16. The Kier molecular flexibility index (Phi) is 8.80. The fourth-order valence-corrected chi connectivity index (χ4v) is 6.37. The van der Waals surface area contributed by atoms with E-state index in [2.05, 4.69) is 15.6 Å². The van der Waals surface area contributed by atoms with Gasteiger partial charge in [-0.2, -0.15) is 0 Å². The smallest absolute Gasteiger partial charge is 0.255 e. The highest BCUT2D eigenvalue weighted by molar-refractivity contribution is 8.00. The number of thiazole rings is 1. The van der Waals surface area contributed by atoms with Gasteiger partial charge in [0.1, 0.15) is 5.25 Å². The Balaban J connectivity index is 1.28. The second-order valence-electron chi connectivity index (χ2n) is 8.46. The molecule has 2 amide bonds. The zero-order chi connectivity index (χ0) is 27.9. The van der Waals surface area contributed by atoms with Gasteiger partial charge in [0, 0.05) is 21.5 Å². The Hall–Kier alpha value is -4.12. The highest BCUT2D eigenvalue weighted by Gasteiger charge is 2.23. The van der Waals surface area contributed by atoms with Crippen molar-refractivity contribution in [2.75, 3.05) is 24.9 Å². The number of aromatic nitrogens is 1. The van der Waals surface area contributed by atoms with Crippen LogP contribution in [0.5, 0.6) is 11.5 Å². The number of methoxy groups -OCH3 is 2. The third-order valence-electron chi connectivity index (χ3n) is 5.86. The standard InChI is InChI=1S/C30H25N3O4S3/c1-36-24-15-10-20(17-25(24)37-2)28(34)31-21-11-13-22(14-12-21)40-27(19-7-4-3-5-8-19)29(35)33-30-32-23(18-39-30)26-9-6-16-38-26/h3-18,27H,1-2H3,(H,31,34)(H,32,33,35). The molecule has 0 radical (unpaired) electrons. The van der Waals surface area contributed by atoms with Gasteiger partial charge in [-0.1, -0.05) is 36.4 Å². The summed E-state index contributed by atoms with van der Waals surface area (Å²) in [4.78, 5) is 32.8. The minimum atomic E-state index is -0.498. The first-order valence-electron chi connectivity index (χ1n) is 12.2. The van der Waals surface area contributed by atoms with Crippen molar-refractivity contribution in [3.63, 3.8) is 0 Å². The van der Waals surface area contributed by atoms with Gasteiger partial charge in [-0.15, -0.1) is 34.4 Å². The van der Waals surface area contributed by atoms with E-state index >= 15 is 0 Å². The predicted octanol–water partition coefficient (Wildman–Crippen LogP) is 7.61. The molecule has 10 heteroatoms. The minimum absolute atomic E-state index is 0.158. The summed E-state index contributed by atoms with van der Waals surface area (Å²) in [5, 5.41) is 9.90. The molecule has 0 spiro atoms. The second-order valence-corrected chi connectivity index (χ2v) is 11.4. The van der Waals surface area contributed by atoms with Crippen molar-refractivity contribution in [2.45, 2.75) is 10.1 Å². The third-order valence-corrected chi connectivity index (χ3v) is 8.78. The van der Waals surface area contributed by atoms with Crippen LogP contribution in [0.2, 0.25) is 0 Å². The van der Waals surface area contributed by atoms with Crippen LogP contribution in [0, 0.1) is 0 Å². The van der Waals surface area contributed by atoms with E-state index in [4.69, 9.17) is 9.47 Å². The van der Waals surface area contributed by atoms with E-state index in [0.29, 0.717) is 27.9 Å². The van der Waals surface area contributed by atoms with Crippen LogP contribution in [-0.2, 0) is 4.79 Å². The molecule has 1 atom stereocenters. The molecule has 2 heterocycles. The van der Waals surface area contributed by atoms with Crippen LogP contribution in [0.3, 0.4) is 0 Å². The number of amides is 2. The Labute approximate surface area is 244 Å². The van der Waals surface area contributed by atoms with Gasteiger partial charge in [0.2, 0.25) is 5.91 Å². The van der Waals surface area contributed by atoms with E-state index in [9.17, 15) is 9.59 Å². The third kappa shape index (κ3) is 6.53. The normalized spacial score (nSPS) is 11.4. The highest BCUT2D eigenvalue weighted by atomic mass is 32.2. The van der Waals surface area contributed by atoms with Crippen LogP contribution in [0.25, 0.3) is 10.6 Å². The number of hydrogen-bond donors (Lipinski definition) is 2. The molecule has 1 unspecified atom stereocenters. The number of rotatable bonds is 10. The fourth-order valence-electron chi connectivity index (χ4n) is 3.87. The average molecular weight is 588 g/mol. The van der Waals surface area contributed by atoms with E-state index in [1.807, 2.05) is 77.5 Å². The van der Waals surface area contributed by atoms with E-state index in [-0.39, 0.29) is 11.8 Å². The summed E-state index contributed by atoms with van der Waals surface area (Å²) in [6, 6.07) is 26.0. The summed E-state index contributed by atoms with van der Waals surface area (Å²) < 4.78 is 10.5. The van der Waals surface area contributed by atoms with Crippen molar-refractivity contribution in [3.05, 3.63) is 107 Å². The molecule has 0 bridgehead atoms. The largest absolute Gasteiger partial charge is 0.493 e. The Morgan fingerprint density at radius 1 is 0.850 bits per heavy atom. The topological polar surface area (TPSA) is 89.5 Å². The first kappa shape index (κ1) is 27.4. The summed E-state index contributed by atoms with van der Waals surface area (Å²) in [6.07, 6.45) is 0. The van der Waals surface area contributed by atoms with Gasteiger partial charge in [0.25, 0.3) is 5.91 Å². The van der Waals surface area contributed by atoms with Crippen molar-refractivity contribution in [1.82, 2.24) is 4.98 Å². The molecule has 3 aromatic carbocycles. The summed E-state index contributed by atoms with van der Waals surface area (Å²) in [6.45, 7) is 0. The van der Waals surface area contributed by atoms with Crippen LogP contribution in [0.15, 0.2) is 101 Å². The van der Waals surface area contributed by atoms with E-state index in [1.54, 1.807) is 36.6 Å². The second kappa shape index (κ2) is 12.8. The molecule has 40 heavy (non-hydrogen) atoms. The first-order chi connectivity index (χ1) is 19.5. The quantitative estimate of drug-likeness (QED) is 0.164. The zero-order valence-corrected chi connectivity index (χ0v) is 24.1. The first-order valence-corrected chi connectivity index (χ1v) is 14.8. The lowest BCUT2D eigenvalue weighted by Crippen LogP contribution is -2.19. The highest BCUT2D eigenvalue weighted by Crippen LogP contribution is 2.37. The van der Waals surface area contributed by atoms with Gasteiger partial charge >= 0.3 is 0 Å². The van der Waals surface area contributed by atoms with Crippen LogP contribution in [0.4, 0.5) is 10.8 Å². The van der Waals surface area contributed by atoms with E-state index < -0.39 is 5.25 Å². The number of nitrogens with zero attached hydrogens (tertiary/aromatic N) is 1. The SMILES string of the molecule is COc1ccc(C(=O)Nc2ccc(SC(C(=O)Nc3nc(-c4cccs4)cs3)c3ccccc3)cc2)cc1OC. The van der Waals surface area contributed by atoms with Gasteiger partial charge in [0.05, 0.1) is 24.8 Å². The monoisotopic (exact) mass is 587 g/mol. The Bertz CT molecular complexity index is 1590. The van der Waals surface area contributed by atoms with Crippen LogP contribution in [0.1, 0.15) is 21.2 Å². The Morgan fingerprint density at radius 3 is 2.33 bits per heavy atom. The van der Waals surface area contributed by atoms with Crippen molar-refractivity contribution < 1.29 is 19.1 Å².